The number of rotatable bonds is 6. The number of piperidine rings is 1. The van der Waals surface area contributed by atoms with Crippen molar-refractivity contribution in [1.82, 2.24) is 15.6 Å². The Balaban J connectivity index is 1.96. The highest BCUT2D eigenvalue weighted by Gasteiger charge is 2.28. The standard InChI is InChI=1S/C15H20N4O3/c16-9-2-1-4-10-5-3-6-11(17-10)14(21)18-12-7-8-13(20)19-15(12)22/h3,5-6,12H,1-2,4,7-9,16H2,(H,18,21)(H,19,20,22). The summed E-state index contributed by atoms with van der Waals surface area (Å²) in [6.45, 7) is 0.635. The number of hydrogen-bond donors (Lipinski definition) is 3. The molecule has 1 aromatic rings. The number of nitrogens with one attached hydrogen (secondary N) is 2. The van der Waals surface area contributed by atoms with Gasteiger partial charge >= 0.3 is 0 Å². The van der Waals surface area contributed by atoms with Crippen molar-refractivity contribution in [3.05, 3.63) is 29.6 Å². The second-order valence-electron chi connectivity index (χ2n) is 5.24. The monoisotopic (exact) mass is 304 g/mol. The maximum atomic E-state index is 12.2. The Bertz CT molecular complexity index is 574. The maximum absolute atomic E-state index is 12.2. The molecule has 7 heteroatoms. The van der Waals surface area contributed by atoms with Crippen molar-refractivity contribution in [3.63, 3.8) is 0 Å². The van der Waals surface area contributed by atoms with Gasteiger partial charge in [0.25, 0.3) is 5.91 Å². The fourth-order valence-electron chi connectivity index (χ4n) is 2.26. The molecule has 0 spiro atoms. The molecule has 1 aliphatic heterocycles. The highest BCUT2D eigenvalue weighted by Crippen LogP contribution is 2.07. The fourth-order valence-corrected chi connectivity index (χ4v) is 2.26. The number of pyridine rings is 1. The minimum Gasteiger partial charge on any atom is -0.339 e. The quantitative estimate of drug-likeness (QED) is 0.501. The smallest absolute Gasteiger partial charge is 0.270 e. The third-order valence-corrected chi connectivity index (χ3v) is 3.47. The number of aromatic nitrogens is 1. The van der Waals surface area contributed by atoms with Crippen LogP contribution in [0.25, 0.3) is 0 Å². The van der Waals surface area contributed by atoms with E-state index in [4.69, 9.17) is 5.73 Å². The van der Waals surface area contributed by atoms with Crippen molar-refractivity contribution < 1.29 is 14.4 Å². The molecule has 1 saturated heterocycles. The summed E-state index contributed by atoms with van der Waals surface area (Å²) in [5, 5.41) is 4.82. The number of carbonyl (C=O) groups is 3. The van der Waals surface area contributed by atoms with Crippen LogP contribution < -0.4 is 16.4 Å². The Morgan fingerprint density at radius 3 is 2.91 bits per heavy atom. The zero-order chi connectivity index (χ0) is 15.9. The third kappa shape index (κ3) is 4.36. The Labute approximate surface area is 128 Å². The van der Waals surface area contributed by atoms with Crippen LogP contribution in [-0.4, -0.2) is 35.3 Å². The average Bonchev–Trinajstić information content (AvgIpc) is 2.50. The molecule has 1 aromatic heterocycles. The Morgan fingerprint density at radius 1 is 1.36 bits per heavy atom. The summed E-state index contributed by atoms with van der Waals surface area (Å²) in [5.41, 5.74) is 6.55. The molecule has 0 aromatic carbocycles. The predicted molar refractivity (Wildman–Crippen MR) is 79.9 cm³/mol. The molecule has 1 aliphatic rings. The number of imide groups is 1. The summed E-state index contributed by atoms with van der Waals surface area (Å²) in [5.74, 6) is -1.19. The zero-order valence-electron chi connectivity index (χ0n) is 12.3. The highest BCUT2D eigenvalue weighted by atomic mass is 16.2. The summed E-state index contributed by atoms with van der Waals surface area (Å²) in [6.07, 6.45) is 3.13. The van der Waals surface area contributed by atoms with Gasteiger partial charge in [-0.05, 0) is 44.4 Å². The molecule has 118 valence electrons. The van der Waals surface area contributed by atoms with Gasteiger partial charge in [0, 0.05) is 12.1 Å². The first-order chi connectivity index (χ1) is 10.6. The van der Waals surface area contributed by atoms with Gasteiger partial charge < -0.3 is 11.1 Å². The molecule has 22 heavy (non-hydrogen) atoms. The lowest BCUT2D eigenvalue weighted by Gasteiger charge is -2.21. The topological polar surface area (TPSA) is 114 Å². The number of aryl methyl sites for hydroxylation is 1. The minimum absolute atomic E-state index is 0.225. The summed E-state index contributed by atoms with van der Waals surface area (Å²) < 4.78 is 0. The van der Waals surface area contributed by atoms with E-state index in [2.05, 4.69) is 15.6 Å². The number of nitrogens with zero attached hydrogens (tertiary/aromatic N) is 1. The van der Waals surface area contributed by atoms with E-state index in [-0.39, 0.29) is 18.0 Å². The summed E-state index contributed by atoms with van der Waals surface area (Å²) in [6, 6.07) is 4.55. The van der Waals surface area contributed by atoms with Gasteiger partial charge in [0.05, 0.1) is 0 Å². The van der Waals surface area contributed by atoms with Crippen molar-refractivity contribution in [2.75, 3.05) is 6.54 Å². The molecule has 1 unspecified atom stereocenters. The lowest BCUT2D eigenvalue weighted by molar-refractivity contribution is -0.134. The van der Waals surface area contributed by atoms with E-state index in [1.807, 2.05) is 6.07 Å². The van der Waals surface area contributed by atoms with E-state index in [0.717, 1.165) is 25.0 Å². The lowest BCUT2D eigenvalue weighted by atomic mass is 10.1. The number of hydrogen-bond acceptors (Lipinski definition) is 5. The van der Waals surface area contributed by atoms with Gasteiger partial charge in [-0.1, -0.05) is 6.07 Å². The maximum Gasteiger partial charge on any atom is 0.270 e. The average molecular weight is 304 g/mol. The zero-order valence-corrected chi connectivity index (χ0v) is 12.3. The van der Waals surface area contributed by atoms with Gasteiger partial charge in [-0.15, -0.1) is 0 Å². The van der Waals surface area contributed by atoms with Crippen molar-refractivity contribution in [1.29, 1.82) is 0 Å². The Hall–Kier alpha value is -2.28. The molecule has 2 heterocycles. The third-order valence-electron chi connectivity index (χ3n) is 3.47. The number of amides is 3. The van der Waals surface area contributed by atoms with E-state index in [1.54, 1.807) is 12.1 Å². The molecule has 0 aliphatic carbocycles. The van der Waals surface area contributed by atoms with E-state index in [0.29, 0.717) is 13.0 Å². The Kier molecular flexibility index (Phi) is 5.60. The van der Waals surface area contributed by atoms with Crippen LogP contribution >= 0.6 is 0 Å². The molecule has 1 fully saturated rings. The highest BCUT2D eigenvalue weighted by molar-refractivity contribution is 6.03. The first-order valence-corrected chi connectivity index (χ1v) is 7.40. The molecule has 1 atom stereocenters. The molecule has 3 amide bonds. The van der Waals surface area contributed by atoms with Gasteiger partial charge in [-0.25, -0.2) is 4.98 Å². The molecule has 7 nitrogen and oxygen atoms in total. The summed E-state index contributed by atoms with van der Waals surface area (Å²) in [7, 11) is 0. The Morgan fingerprint density at radius 2 is 2.18 bits per heavy atom. The van der Waals surface area contributed by atoms with Gasteiger partial charge in [-0.3, -0.25) is 19.7 Å². The summed E-state index contributed by atoms with van der Waals surface area (Å²) in [4.78, 5) is 39.2. The van der Waals surface area contributed by atoms with E-state index in [9.17, 15) is 14.4 Å². The van der Waals surface area contributed by atoms with Crippen molar-refractivity contribution >= 4 is 17.7 Å². The lowest BCUT2D eigenvalue weighted by Crippen LogP contribution is -2.52. The van der Waals surface area contributed by atoms with Crippen molar-refractivity contribution in [2.45, 2.75) is 38.1 Å². The molecular weight excluding hydrogens is 284 g/mol. The van der Waals surface area contributed by atoms with Crippen LogP contribution in [0.5, 0.6) is 0 Å². The van der Waals surface area contributed by atoms with Crippen molar-refractivity contribution in [3.8, 4) is 0 Å². The van der Waals surface area contributed by atoms with E-state index < -0.39 is 17.9 Å². The molecule has 2 rings (SSSR count). The molecular formula is C15H20N4O3. The second kappa shape index (κ2) is 7.65. The number of nitrogens with two attached hydrogens (primary N) is 1. The normalized spacial score (nSPS) is 18.0. The van der Waals surface area contributed by atoms with E-state index in [1.165, 1.54) is 0 Å². The van der Waals surface area contributed by atoms with Gasteiger partial charge in [0.2, 0.25) is 11.8 Å². The van der Waals surface area contributed by atoms with Crippen LogP contribution in [0.4, 0.5) is 0 Å². The molecule has 4 N–H and O–H groups in total. The first-order valence-electron chi connectivity index (χ1n) is 7.40. The molecule has 0 bridgehead atoms. The van der Waals surface area contributed by atoms with Crippen LogP contribution in [0, 0.1) is 0 Å². The van der Waals surface area contributed by atoms with Crippen molar-refractivity contribution in [2.24, 2.45) is 5.73 Å². The van der Waals surface area contributed by atoms with Crippen LogP contribution in [0.3, 0.4) is 0 Å². The van der Waals surface area contributed by atoms with Crippen LogP contribution in [0.15, 0.2) is 18.2 Å². The van der Waals surface area contributed by atoms with Crippen LogP contribution in [0.2, 0.25) is 0 Å². The van der Waals surface area contributed by atoms with Gasteiger partial charge in [0.15, 0.2) is 0 Å². The number of carbonyl (C=O) groups excluding carboxylic acids is 3. The molecule has 0 radical (unpaired) electrons. The predicted octanol–water partition coefficient (Wildman–Crippen LogP) is -0.102. The number of unbranched alkanes of at least 4 members (excludes halogenated alkanes) is 1. The van der Waals surface area contributed by atoms with Gasteiger partial charge in [0.1, 0.15) is 11.7 Å². The largest absolute Gasteiger partial charge is 0.339 e. The first kappa shape index (κ1) is 16.1. The van der Waals surface area contributed by atoms with E-state index >= 15 is 0 Å². The van der Waals surface area contributed by atoms with Crippen LogP contribution in [0.1, 0.15) is 41.9 Å². The van der Waals surface area contributed by atoms with Crippen LogP contribution in [-0.2, 0) is 16.0 Å². The van der Waals surface area contributed by atoms with Gasteiger partial charge in [-0.2, -0.15) is 0 Å². The fraction of sp³-hybridized carbons (Fsp3) is 0.467. The summed E-state index contributed by atoms with van der Waals surface area (Å²) >= 11 is 0. The second-order valence-corrected chi connectivity index (χ2v) is 5.24. The SMILES string of the molecule is NCCCCc1cccc(C(=O)NC2CCC(=O)NC2=O)n1. The molecule has 0 saturated carbocycles. The minimum atomic E-state index is -0.687.